The number of hydrogen-bond acceptors (Lipinski definition) is 3. The summed E-state index contributed by atoms with van der Waals surface area (Å²) in [5, 5.41) is -0.207. The average Bonchev–Trinajstić information content (AvgIpc) is 2.71. The lowest BCUT2D eigenvalue weighted by molar-refractivity contribution is -0.129. The molecule has 104 valence electrons. The van der Waals surface area contributed by atoms with Crippen molar-refractivity contribution in [3.05, 3.63) is 34.9 Å². The van der Waals surface area contributed by atoms with Gasteiger partial charge in [-0.05, 0) is 24.6 Å². The summed E-state index contributed by atoms with van der Waals surface area (Å²) in [5.41, 5.74) is 0.908. The average molecular weight is 322 g/mol. The Labute approximate surface area is 121 Å². The number of halogens is 2. The topological polar surface area (TPSA) is 54.5 Å². The van der Waals surface area contributed by atoms with Crippen LogP contribution in [0, 0.1) is 0 Å². The van der Waals surface area contributed by atoms with Gasteiger partial charge in [0.1, 0.15) is 5.25 Å². The first-order chi connectivity index (χ1) is 8.79. The van der Waals surface area contributed by atoms with E-state index in [0.717, 1.165) is 5.56 Å². The van der Waals surface area contributed by atoms with E-state index < -0.39 is 14.3 Å². The first-order valence-electron chi connectivity index (χ1n) is 5.77. The van der Waals surface area contributed by atoms with E-state index in [4.69, 9.17) is 22.3 Å². The van der Waals surface area contributed by atoms with Crippen LogP contribution >= 0.6 is 22.3 Å². The van der Waals surface area contributed by atoms with Gasteiger partial charge in [-0.25, -0.2) is 8.42 Å². The molecule has 4 nitrogen and oxygen atoms in total. The number of amides is 1. The molecule has 1 saturated heterocycles. The molecule has 0 aromatic heterocycles. The maximum Gasteiger partial charge on any atom is 0.237 e. The Morgan fingerprint density at radius 1 is 1.32 bits per heavy atom. The zero-order valence-electron chi connectivity index (χ0n) is 10.2. The van der Waals surface area contributed by atoms with Gasteiger partial charge in [0.05, 0.1) is 6.04 Å². The maximum atomic E-state index is 11.9. The van der Waals surface area contributed by atoms with E-state index in [2.05, 4.69) is 0 Å². The molecule has 0 bridgehead atoms. The van der Waals surface area contributed by atoms with Gasteiger partial charge in [0.15, 0.2) is 0 Å². The summed E-state index contributed by atoms with van der Waals surface area (Å²) in [7, 11) is 1.62. The summed E-state index contributed by atoms with van der Waals surface area (Å²) < 4.78 is 22.6. The summed E-state index contributed by atoms with van der Waals surface area (Å²) in [6, 6.07) is 6.92. The fourth-order valence-electron chi connectivity index (χ4n) is 2.18. The van der Waals surface area contributed by atoms with Crippen molar-refractivity contribution in [3.8, 4) is 0 Å². The van der Waals surface area contributed by atoms with Crippen molar-refractivity contribution in [2.75, 3.05) is 6.54 Å². The second-order valence-electron chi connectivity index (χ2n) is 4.58. The maximum absolute atomic E-state index is 11.9. The molecule has 0 spiro atoms. The van der Waals surface area contributed by atoms with E-state index >= 15 is 0 Å². The zero-order valence-corrected chi connectivity index (χ0v) is 12.5. The monoisotopic (exact) mass is 321 g/mol. The molecule has 1 aromatic carbocycles. The van der Waals surface area contributed by atoms with Crippen LogP contribution in [0.2, 0.25) is 5.02 Å². The normalized spacial score (nSPS) is 21.7. The van der Waals surface area contributed by atoms with Crippen molar-refractivity contribution in [1.29, 1.82) is 0 Å². The smallest absolute Gasteiger partial charge is 0.237 e. The van der Waals surface area contributed by atoms with Crippen molar-refractivity contribution in [2.45, 2.75) is 24.6 Å². The highest BCUT2D eigenvalue weighted by molar-refractivity contribution is 8.14. The highest BCUT2D eigenvalue weighted by Crippen LogP contribution is 2.29. The third-order valence-electron chi connectivity index (χ3n) is 3.34. The standard InChI is InChI=1S/C12H13Cl2NO3S/c1-8(9-2-4-10(13)5-3-9)15-7-11(6-12(15)16)19(14,17)18/h2-5,8,11H,6-7H2,1H3. The number of hydrogen-bond donors (Lipinski definition) is 0. The summed E-state index contributed by atoms with van der Waals surface area (Å²) in [4.78, 5) is 13.4. The molecule has 1 fully saturated rings. The Morgan fingerprint density at radius 2 is 1.89 bits per heavy atom. The number of rotatable bonds is 3. The molecule has 1 amide bonds. The Hall–Kier alpha value is -0.780. The van der Waals surface area contributed by atoms with Gasteiger partial charge in [0.25, 0.3) is 0 Å². The highest BCUT2D eigenvalue weighted by atomic mass is 35.7. The van der Waals surface area contributed by atoms with Gasteiger partial charge in [0, 0.05) is 28.7 Å². The summed E-state index contributed by atoms with van der Waals surface area (Å²) in [6.07, 6.45) is -0.0518. The van der Waals surface area contributed by atoms with Crippen molar-refractivity contribution >= 4 is 37.2 Å². The third kappa shape index (κ3) is 3.22. The number of carbonyl (C=O) groups is 1. The summed E-state index contributed by atoms with van der Waals surface area (Å²) >= 11 is 5.81. The van der Waals surface area contributed by atoms with Gasteiger partial charge in [-0.3, -0.25) is 4.79 Å². The number of nitrogens with zero attached hydrogens (tertiary/aromatic N) is 1. The van der Waals surface area contributed by atoms with Crippen molar-refractivity contribution < 1.29 is 13.2 Å². The Bertz CT molecular complexity index is 585. The van der Waals surface area contributed by atoms with Crippen molar-refractivity contribution in [3.63, 3.8) is 0 Å². The van der Waals surface area contributed by atoms with Gasteiger partial charge >= 0.3 is 0 Å². The van der Waals surface area contributed by atoms with Crippen LogP contribution in [0.15, 0.2) is 24.3 Å². The molecule has 19 heavy (non-hydrogen) atoms. The van der Waals surface area contributed by atoms with E-state index in [1.165, 1.54) is 4.90 Å². The predicted molar refractivity (Wildman–Crippen MR) is 74.8 cm³/mol. The molecule has 2 rings (SSSR count). The molecule has 0 aliphatic carbocycles. The van der Waals surface area contributed by atoms with Gasteiger partial charge < -0.3 is 4.90 Å². The molecular weight excluding hydrogens is 309 g/mol. The van der Waals surface area contributed by atoms with E-state index in [1.807, 2.05) is 19.1 Å². The van der Waals surface area contributed by atoms with Gasteiger partial charge in [-0.15, -0.1) is 0 Å². The molecule has 0 N–H and O–H groups in total. The minimum absolute atomic E-state index is 0.0518. The molecule has 2 atom stereocenters. The predicted octanol–water partition coefficient (Wildman–Crippen LogP) is 2.57. The third-order valence-corrected chi connectivity index (χ3v) is 5.46. The van der Waals surface area contributed by atoms with Crippen molar-refractivity contribution in [1.82, 2.24) is 4.90 Å². The highest BCUT2D eigenvalue weighted by Gasteiger charge is 2.39. The molecular formula is C12H13Cl2NO3S. The Kier molecular flexibility index (Phi) is 4.08. The van der Waals surface area contributed by atoms with Crippen LogP contribution in [0.1, 0.15) is 24.9 Å². The second kappa shape index (κ2) is 5.31. The van der Waals surface area contributed by atoms with Gasteiger partial charge in [-0.1, -0.05) is 23.7 Å². The zero-order chi connectivity index (χ0) is 14.2. The molecule has 0 radical (unpaired) electrons. The SMILES string of the molecule is CC(c1ccc(Cl)cc1)N1CC(S(=O)(=O)Cl)CC1=O. The second-order valence-corrected chi connectivity index (χ2v) is 7.92. The van der Waals surface area contributed by atoms with Crippen LogP contribution < -0.4 is 0 Å². The largest absolute Gasteiger partial charge is 0.335 e. The van der Waals surface area contributed by atoms with E-state index in [1.54, 1.807) is 12.1 Å². The van der Waals surface area contributed by atoms with Crippen LogP contribution in [-0.2, 0) is 13.8 Å². The first-order valence-corrected chi connectivity index (χ1v) is 8.52. The van der Waals surface area contributed by atoms with Crippen molar-refractivity contribution in [2.24, 2.45) is 0 Å². The molecule has 1 aliphatic heterocycles. The van der Waals surface area contributed by atoms with Crippen LogP contribution in [0.4, 0.5) is 0 Å². The molecule has 1 heterocycles. The molecule has 7 heteroatoms. The lowest BCUT2D eigenvalue weighted by atomic mass is 10.1. The lowest BCUT2D eigenvalue weighted by Crippen LogP contribution is -2.30. The summed E-state index contributed by atoms with van der Waals surface area (Å²) in [6.45, 7) is 1.98. The van der Waals surface area contributed by atoms with E-state index in [9.17, 15) is 13.2 Å². The van der Waals surface area contributed by atoms with Crippen LogP contribution in [-0.4, -0.2) is 31.0 Å². The van der Waals surface area contributed by atoms with E-state index in [0.29, 0.717) is 5.02 Å². The number of likely N-dealkylation sites (tertiary alicyclic amines) is 1. The van der Waals surface area contributed by atoms with E-state index in [-0.39, 0.29) is 24.9 Å². The fraction of sp³-hybridized carbons (Fsp3) is 0.417. The van der Waals surface area contributed by atoms with Crippen LogP contribution in [0.25, 0.3) is 0 Å². The molecule has 2 unspecified atom stereocenters. The first kappa shape index (κ1) is 14.6. The summed E-state index contributed by atoms with van der Waals surface area (Å²) in [5.74, 6) is -0.198. The van der Waals surface area contributed by atoms with Crippen LogP contribution in [0.5, 0.6) is 0 Å². The number of benzene rings is 1. The molecule has 0 saturated carbocycles. The lowest BCUT2D eigenvalue weighted by Gasteiger charge is -2.25. The molecule has 1 aromatic rings. The minimum Gasteiger partial charge on any atom is -0.335 e. The fourth-order valence-corrected chi connectivity index (χ4v) is 3.35. The quantitative estimate of drug-likeness (QED) is 0.804. The van der Waals surface area contributed by atoms with Crippen LogP contribution in [0.3, 0.4) is 0 Å². The Morgan fingerprint density at radius 3 is 2.37 bits per heavy atom. The Balaban J connectivity index is 2.18. The molecule has 1 aliphatic rings. The van der Waals surface area contributed by atoms with Gasteiger partial charge in [0.2, 0.25) is 15.0 Å². The van der Waals surface area contributed by atoms with Gasteiger partial charge in [-0.2, -0.15) is 0 Å². The minimum atomic E-state index is -3.70. The number of carbonyl (C=O) groups excluding carboxylic acids is 1.